The third-order valence-corrected chi connectivity index (χ3v) is 3.88. The van der Waals surface area contributed by atoms with Crippen LogP contribution in [-0.2, 0) is 0 Å². The molecule has 26 heavy (non-hydrogen) atoms. The topological polar surface area (TPSA) is 98.4 Å². The summed E-state index contributed by atoms with van der Waals surface area (Å²) in [5.41, 5.74) is 1.27. The quantitative estimate of drug-likeness (QED) is 0.749. The molecule has 1 amide bonds. The van der Waals surface area contributed by atoms with E-state index in [-0.39, 0.29) is 11.9 Å². The molecule has 8 nitrogen and oxygen atoms in total. The Labute approximate surface area is 149 Å². The Morgan fingerprint density at radius 2 is 1.88 bits per heavy atom. The van der Waals surface area contributed by atoms with Gasteiger partial charge in [-0.05, 0) is 42.5 Å². The van der Waals surface area contributed by atoms with E-state index in [4.69, 9.17) is 14.2 Å². The van der Waals surface area contributed by atoms with Crippen molar-refractivity contribution < 1.29 is 19.0 Å². The summed E-state index contributed by atoms with van der Waals surface area (Å²) >= 11 is 0. The number of anilines is 1. The molecule has 0 unspecified atom stereocenters. The zero-order valence-electron chi connectivity index (χ0n) is 14.0. The molecule has 1 aliphatic heterocycles. The molecule has 1 aromatic heterocycles. The van der Waals surface area contributed by atoms with Crippen molar-refractivity contribution in [3.05, 3.63) is 48.0 Å². The monoisotopic (exact) mass is 352 g/mol. The minimum Gasteiger partial charge on any atom is -0.497 e. The maximum absolute atomic E-state index is 12.4. The molecule has 0 aliphatic carbocycles. The summed E-state index contributed by atoms with van der Waals surface area (Å²) in [5.74, 6) is 2.34. The molecule has 1 aliphatic rings. The summed E-state index contributed by atoms with van der Waals surface area (Å²) in [6, 6.07) is 12.4. The lowest BCUT2D eigenvalue weighted by Gasteiger charge is -2.18. The Morgan fingerprint density at radius 1 is 1.12 bits per heavy atom. The number of carbonyl (C=O) groups excluding carboxylic acids is 1. The fraction of sp³-hybridized carbons (Fsp3) is 0.167. The van der Waals surface area contributed by atoms with Crippen molar-refractivity contribution in [1.29, 1.82) is 0 Å². The van der Waals surface area contributed by atoms with E-state index in [2.05, 4.69) is 20.5 Å². The van der Waals surface area contributed by atoms with Crippen molar-refractivity contribution in [2.45, 2.75) is 0 Å². The van der Waals surface area contributed by atoms with Crippen LogP contribution in [0, 0.1) is 0 Å². The number of methoxy groups -OCH3 is 1. The third kappa shape index (κ3) is 3.16. The number of aromatic nitrogens is 3. The summed E-state index contributed by atoms with van der Waals surface area (Å²) in [4.78, 5) is 16.7. The van der Waals surface area contributed by atoms with Crippen LogP contribution < -0.4 is 19.5 Å². The normalized spacial score (nSPS) is 12.5. The molecule has 0 saturated carbocycles. The lowest BCUT2D eigenvalue weighted by molar-refractivity contribution is 0.102. The predicted molar refractivity (Wildman–Crippen MR) is 93.8 cm³/mol. The molecule has 2 aromatic carbocycles. The van der Waals surface area contributed by atoms with Crippen LogP contribution >= 0.6 is 0 Å². The molecular formula is C18H16N4O4. The van der Waals surface area contributed by atoms with Gasteiger partial charge in [0, 0.05) is 11.1 Å². The maximum Gasteiger partial charge on any atom is 0.258 e. The number of benzene rings is 2. The molecule has 4 rings (SSSR count). The van der Waals surface area contributed by atoms with Gasteiger partial charge < -0.3 is 14.2 Å². The number of amides is 1. The minimum absolute atomic E-state index is 0.190. The van der Waals surface area contributed by atoms with E-state index >= 15 is 0 Å². The van der Waals surface area contributed by atoms with Gasteiger partial charge in [0.25, 0.3) is 5.91 Å². The molecule has 0 radical (unpaired) electrons. The average molecular weight is 352 g/mol. The number of H-pyrrole nitrogens is 1. The Hall–Kier alpha value is -3.55. The number of nitrogens with zero attached hydrogens (tertiary/aromatic N) is 2. The van der Waals surface area contributed by atoms with Gasteiger partial charge in [0.1, 0.15) is 19.0 Å². The molecule has 8 heteroatoms. The third-order valence-electron chi connectivity index (χ3n) is 3.88. The molecule has 0 saturated heterocycles. The van der Waals surface area contributed by atoms with Crippen molar-refractivity contribution in [3.63, 3.8) is 0 Å². The van der Waals surface area contributed by atoms with E-state index in [1.54, 1.807) is 25.3 Å². The second-order valence-corrected chi connectivity index (χ2v) is 5.55. The lowest BCUT2D eigenvalue weighted by atomic mass is 10.2. The minimum atomic E-state index is -0.331. The summed E-state index contributed by atoms with van der Waals surface area (Å²) in [7, 11) is 1.61. The molecule has 0 fully saturated rings. The highest BCUT2D eigenvalue weighted by Crippen LogP contribution is 2.31. The number of nitrogens with one attached hydrogen (secondary N) is 2. The highest BCUT2D eigenvalue weighted by atomic mass is 16.6. The molecule has 0 atom stereocenters. The summed E-state index contributed by atoms with van der Waals surface area (Å²) in [5, 5.41) is 9.50. The van der Waals surface area contributed by atoms with Gasteiger partial charge in [-0.1, -0.05) is 0 Å². The Bertz CT molecular complexity index is 937. The molecule has 0 bridgehead atoms. The molecule has 2 heterocycles. The average Bonchev–Trinajstić information content (AvgIpc) is 3.16. The molecule has 2 N–H and O–H groups in total. The van der Waals surface area contributed by atoms with Gasteiger partial charge in [-0.15, -0.1) is 5.10 Å². The predicted octanol–water partition coefficient (Wildman–Crippen LogP) is 2.50. The number of rotatable bonds is 4. The smallest absolute Gasteiger partial charge is 0.258 e. The van der Waals surface area contributed by atoms with Crippen molar-refractivity contribution in [2.75, 3.05) is 25.6 Å². The number of ether oxygens (including phenoxy) is 3. The van der Waals surface area contributed by atoms with Gasteiger partial charge in [-0.25, -0.2) is 0 Å². The van der Waals surface area contributed by atoms with Crippen molar-refractivity contribution >= 4 is 11.9 Å². The Balaban J connectivity index is 1.49. The molecular weight excluding hydrogens is 336 g/mol. The van der Waals surface area contributed by atoms with Crippen LogP contribution in [-0.4, -0.2) is 41.4 Å². The first-order valence-electron chi connectivity index (χ1n) is 8.01. The van der Waals surface area contributed by atoms with Crippen molar-refractivity contribution in [2.24, 2.45) is 0 Å². The Kier molecular flexibility index (Phi) is 4.14. The van der Waals surface area contributed by atoms with E-state index in [0.717, 1.165) is 11.3 Å². The van der Waals surface area contributed by atoms with Gasteiger partial charge in [0.15, 0.2) is 17.3 Å². The van der Waals surface area contributed by atoms with E-state index in [9.17, 15) is 4.79 Å². The highest BCUT2D eigenvalue weighted by Gasteiger charge is 2.16. The maximum atomic E-state index is 12.4. The summed E-state index contributed by atoms with van der Waals surface area (Å²) < 4.78 is 16.1. The van der Waals surface area contributed by atoms with Crippen LogP contribution in [0.5, 0.6) is 17.2 Å². The SMILES string of the molecule is COc1ccc(-c2nc(NC(=O)c3ccc4c(c3)OCCO4)n[nH]2)cc1. The van der Waals surface area contributed by atoms with Gasteiger partial charge in [0.05, 0.1) is 7.11 Å². The van der Waals surface area contributed by atoms with Crippen molar-refractivity contribution in [3.8, 4) is 28.6 Å². The van der Waals surface area contributed by atoms with Crippen LogP contribution in [0.1, 0.15) is 10.4 Å². The van der Waals surface area contributed by atoms with E-state index in [1.165, 1.54) is 0 Å². The number of hydrogen-bond acceptors (Lipinski definition) is 6. The first-order valence-corrected chi connectivity index (χ1v) is 8.01. The van der Waals surface area contributed by atoms with Crippen LogP contribution in [0.3, 0.4) is 0 Å². The van der Waals surface area contributed by atoms with Crippen LogP contribution in [0.25, 0.3) is 11.4 Å². The fourth-order valence-electron chi connectivity index (χ4n) is 2.55. The van der Waals surface area contributed by atoms with E-state index in [1.807, 2.05) is 24.3 Å². The van der Waals surface area contributed by atoms with Crippen LogP contribution in [0.15, 0.2) is 42.5 Å². The number of aromatic amines is 1. The van der Waals surface area contributed by atoms with Gasteiger partial charge in [-0.3, -0.25) is 15.2 Å². The second-order valence-electron chi connectivity index (χ2n) is 5.55. The van der Waals surface area contributed by atoms with Gasteiger partial charge in [0.2, 0.25) is 5.95 Å². The zero-order valence-corrected chi connectivity index (χ0v) is 14.0. The first kappa shape index (κ1) is 15.9. The van der Waals surface area contributed by atoms with Crippen molar-refractivity contribution in [1.82, 2.24) is 15.2 Å². The summed E-state index contributed by atoms with van der Waals surface area (Å²) in [6.45, 7) is 0.966. The standard InChI is InChI=1S/C18H16N4O4/c1-24-13-5-2-11(3-6-13)16-19-18(22-21-16)20-17(23)12-4-7-14-15(10-12)26-9-8-25-14/h2-7,10H,8-9H2,1H3,(H2,19,20,21,22,23). The molecule has 3 aromatic rings. The lowest BCUT2D eigenvalue weighted by Crippen LogP contribution is -2.17. The van der Waals surface area contributed by atoms with Gasteiger partial charge >= 0.3 is 0 Å². The van der Waals surface area contributed by atoms with Crippen LogP contribution in [0.2, 0.25) is 0 Å². The van der Waals surface area contributed by atoms with Crippen LogP contribution in [0.4, 0.5) is 5.95 Å². The zero-order chi connectivity index (χ0) is 17.9. The number of hydrogen-bond donors (Lipinski definition) is 2. The fourth-order valence-corrected chi connectivity index (χ4v) is 2.55. The highest BCUT2D eigenvalue weighted by molar-refractivity contribution is 6.03. The largest absolute Gasteiger partial charge is 0.497 e. The van der Waals surface area contributed by atoms with E-state index in [0.29, 0.717) is 36.1 Å². The second kappa shape index (κ2) is 6.75. The number of carbonyl (C=O) groups is 1. The molecule has 0 spiro atoms. The molecule has 132 valence electrons. The van der Waals surface area contributed by atoms with E-state index < -0.39 is 0 Å². The first-order chi connectivity index (χ1) is 12.7. The van der Waals surface area contributed by atoms with Gasteiger partial charge in [-0.2, -0.15) is 4.98 Å². The number of fused-ring (bicyclic) bond motifs is 1. The Morgan fingerprint density at radius 3 is 2.65 bits per heavy atom. The summed E-state index contributed by atoms with van der Waals surface area (Å²) in [6.07, 6.45) is 0.